The Morgan fingerprint density at radius 1 is 0.958 bits per heavy atom. The fourth-order valence-electron chi connectivity index (χ4n) is 2.43. The SMILES string of the molecule is O=C(CCCCNC1(C(F)(F)F)CCCC1)OOC(=O)C(F)(F)F. The van der Waals surface area contributed by atoms with Crippen molar-refractivity contribution in [3.05, 3.63) is 0 Å². The summed E-state index contributed by atoms with van der Waals surface area (Å²) in [6.45, 7) is -0.00483. The highest BCUT2D eigenvalue weighted by Gasteiger charge is 2.55. The van der Waals surface area contributed by atoms with Crippen molar-refractivity contribution >= 4 is 11.9 Å². The van der Waals surface area contributed by atoms with Crippen molar-refractivity contribution in [1.82, 2.24) is 5.32 Å². The van der Waals surface area contributed by atoms with E-state index in [4.69, 9.17) is 0 Å². The van der Waals surface area contributed by atoms with Crippen LogP contribution in [0.15, 0.2) is 0 Å². The lowest BCUT2D eigenvalue weighted by Crippen LogP contribution is -2.55. The van der Waals surface area contributed by atoms with Crippen molar-refractivity contribution in [1.29, 1.82) is 0 Å². The molecule has 0 saturated heterocycles. The monoisotopic (exact) mass is 365 g/mol. The van der Waals surface area contributed by atoms with Gasteiger partial charge in [0.25, 0.3) is 0 Å². The quantitative estimate of drug-likeness (QED) is 0.339. The number of carbonyl (C=O) groups is 2. The van der Waals surface area contributed by atoms with Gasteiger partial charge in [-0.3, -0.25) is 0 Å². The fraction of sp³-hybridized carbons (Fsp3) is 0.846. The van der Waals surface area contributed by atoms with Gasteiger partial charge in [-0.05, 0) is 32.2 Å². The number of carbonyl (C=O) groups excluding carboxylic acids is 2. The van der Waals surface area contributed by atoms with E-state index in [0.29, 0.717) is 12.8 Å². The van der Waals surface area contributed by atoms with E-state index >= 15 is 0 Å². The summed E-state index contributed by atoms with van der Waals surface area (Å²) in [5.41, 5.74) is -1.91. The number of hydrogen-bond acceptors (Lipinski definition) is 5. The molecule has 0 spiro atoms. The van der Waals surface area contributed by atoms with Gasteiger partial charge in [-0.15, -0.1) is 0 Å². The van der Waals surface area contributed by atoms with Crippen molar-refractivity contribution in [3.63, 3.8) is 0 Å². The minimum Gasteiger partial charge on any atom is -0.304 e. The summed E-state index contributed by atoms with van der Waals surface area (Å²) in [5, 5.41) is 2.47. The minimum atomic E-state index is -5.28. The van der Waals surface area contributed by atoms with Crippen LogP contribution < -0.4 is 5.32 Å². The number of alkyl halides is 6. The second kappa shape index (κ2) is 8.04. The molecule has 5 nitrogen and oxygen atoms in total. The summed E-state index contributed by atoms with van der Waals surface area (Å²) in [6, 6.07) is 0. The van der Waals surface area contributed by atoms with Crippen molar-refractivity contribution in [2.24, 2.45) is 0 Å². The Labute approximate surface area is 133 Å². The number of unbranched alkanes of at least 4 members (excludes halogenated alkanes) is 1. The van der Waals surface area contributed by atoms with Gasteiger partial charge in [0.15, 0.2) is 0 Å². The topological polar surface area (TPSA) is 64.6 Å². The lowest BCUT2D eigenvalue weighted by molar-refractivity contribution is -0.285. The molecule has 1 saturated carbocycles. The Morgan fingerprint density at radius 3 is 2.04 bits per heavy atom. The molecule has 0 bridgehead atoms. The lowest BCUT2D eigenvalue weighted by atomic mass is 9.96. The molecular formula is C13H17F6NO4. The molecule has 0 radical (unpaired) electrons. The third-order valence-corrected chi connectivity index (χ3v) is 3.71. The summed E-state index contributed by atoms with van der Waals surface area (Å²) < 4.78 is 74.4. The molecule has 0 aliphatic heterocycles. The first-order chi connectivity index (χ1) is 11.0. The van der Waals surface area contributed by atoms with Crippen LogP contribution in [0, 0.1) is 0 Å². The molecule has 0 atom stereocenters. The lowest BCUT2D eigenvalue weighted by Gasteiger charge is -2.32. The van der Waals surface area contributed by atoms with E-state index < -0.39 is 29.8 Å². The van der Waals surface area contributed by atoms with E-state index in [-0.39, 0.29) is 38.6 Å². The van der Waals surface area contributed by atoms with Gasteiger partial charge in [-0.25, -0.2) is 19.4 Å². The van der Waals surface area contributed by atoms with Crippen molar-refractivity contribution in [3.8, 4) is 0 Å². The number of hydrogen-bond donors (Lipinski definition) is 1. The minimum absolute atomic E-state index is 0.00483. The summed E-state index contributed by atoms with van der Waals surface area (Å²) in [7, 11) is 0. The first-order valence-corrected chi connectivity index (χ1v) is 7.28. The average Bonchev–Trinajstić information content (AvgIpc) is 2.93. The second-order valence-corrected chi connectivity index (χ2v) is 5.49. The number of nitrogens with one attached hydrogen (secondary N) is 1. The molecule has 0 aromatic rings. The van der Waals surface area contributed by atoms with Crippen molar-refractivity contribution in [2.45, 2.75) is 62.8 Å². The zero-order chi connectivity index (χ0) is 18.4. The number of rotatable bonds is 6. The van der Waals surface area contributed by atoms with E-state index in [9.17, 15) is 35.9 Å². The van der Waals surface area contributed by atoms with E-state index in [1.165, 1.54) is 0 Å². The van der Waals surface area contributed by atoms with E-state index in [2.05, 4.69) is 15.1 Å². The van der Waals surface area contributed by atoms with E-state index in [1.807, 2.05) is 0 Å². The highest BCUT2D eigenvalue weighted by molar-refractivity contribution is 5.76. The zero-order valence-corrected chi connectivity index (χ0v) is 12.6. The fourth-order valence-corrected chi connectivity index (χ4v) is 2.43. The molecule has 0 amide bonds. The maximum Gasteiger partial charge on any atom is 0.495 e. The van der Waals surface area contributed by atoms with Gasteiger partial charge in [-0.1, -0.05) is 12.8 Å². The Bertz CT molecular complexity index is 443. The van der Waals surface area contributed by atoms with Crippen LogP contribution in [0.5, 0.6) is 0 Å². The highest BCUT2D eigenvalue weighted by atomic mass is 19.4. The standard InChI is InChI=1S/C13H17F6NO4/c14-12(15,16)10(22)24-23-9(21)5-1-4-8-20-11(13(17,18)19)6-2-3-7-11/h20H,1-8H2. The van der Waals surface area contributed by atoms with Crippen molar-refractivity contribution < 1.29 is 45.7 Å². The third-order valence-electron chi connectivity index (χ3n) is 3.71. The predicted octanol–water partition coefficient (Wildman–Crippen LogP) is 3.19. The Morgan fingerprint density at radius 2 is 1.54 bits per heavy atom. The van der Waals surface area contributed by atoms with Crippen LogP contribution in [-0.4, -0.2) is 36.4 Å². The molecule has 1 aliphatic carbocycles. The normalized spacial score (nSPS) is 17.6. The number of halogens is 6. The maximum absolute atomic E-state index is 13.0. The average molecular weight is 365 g/mol. The predicted molar refractivity (Wildman–Crippen MR) is 67.3 cm³/mol. The molecule has 140 valence electrons. The van der Waals surface area contributed by atoms with E-state index in [1.54, 1.807) is 0 Å². The summed E-state index contributed by atoms with van der Waals surface area (Å²) in [4.78, 5) is 28.3. The molecular weight excluding hydrogens is 348 g/mol. The molecule has 1 aliphatic rings. The molecule has 0 aromatic heterocycles. The largest absolute Gasteiger partial charge is 0.495 e. The van der Waals surface area contributed by atoms with Crippen LogP contribution in [0.2, 0.25) is 0 Å². The van der Waals surface area contributed by atoms with Crippen LogP contribution in [-0.2, 0) is 19.4 Å². The van der Waals surface area contributed by atoms with Gasteiger partial charge in [-0.2, -0.15) is 26.3 Å². The molecule has 0 aromatic carbocycles. The van der Waals surface area contributed by atoms with Crippen LogP contribution in [0.1, 0.15) is 44.9 Å². The Balaban J connectivity index is 2.22. The van der Waals surface area contributed by atoms with Crippen LogP contribution in [0.4, 0.5) is 26.3 Å². The summed E-state index contributed by atoms with van der Waals surface area (Å²) in [6.07, 6.45) is -8.84. The third kappa shape index (κ3) is 5.84. The van der Waals surface area contributed by atoms with Crippen molar-refractivity contribution in [2.75, 3.05) is 6.54 Å². The van der Waals surface area contributed by atoms with Gasteiger partial charge < -0.3 is 5.32 Å². The molecule has 1 N–H and O–H groups in total. The van der Waals surface area contributed by atoms with Gasteiger partial charge in [0.05, 0.1) is 6.42 Å². The van der Waals surface area contributed by atoms with Gasteiger partial charge in [0.2, 0.25) is 0 Å². The zero-order valence-electron chi connectivity index (χ0n) is 12.6. The second-order valence-electron chi connectivity index (χ2n) is 5.49. The first kappa shape index (κ1) is 20.5. The van der Waals surface area contributed by atoms with Crippen LogP contribution >= 0.6 is 0 Å². The summed E-state index contributed by atoms with van der Waals surface area (Å²) in [5.74, 6) is -3.87. The molecule has 11 heteroatoms. The summed E-state index contributed by atoms with van der Waals surface area (Å²) >= 11 is 0. The molecule has 24 heavy (non-hydrogen) atoms. The van der Waals surface area contributed by atoms with Gasteiger partial charge in [0, 0.05) is 0 Å². The molecule has 0 unspecified atom stereocenters. The Hall–Kier alpha value is -1.52. The van der Waals surface area contributed by atoms with E-state index in [0.717, 1.165) is 0 Å². The molecule has 0 heterocycles. The molecule has 1 rings (SSSR count). The first-order valence-electron chi connectivity index (χ1n) is 7.28. The van der Waals surface area contributed by atoms with Gasteiger partial charge in [0.1, 0.15) is 5.54 Å². The highest BCUT2D eigenvalue weighted by Crippen LogP contribution is 2.42. The molecule has 1 fully saturated rings. The smallest absolute Gasteiger partial charge is 0.304 e. The van der Waals surface area contributed by atoms with Gasteiger partial charge >= 0.3 is 24.3 Å². The van der Waals surface area contributed by atoms with Crippen LogP contribution in [0.25, 0.3) is 0 Å². The van der Waals surface area contributed by atoms with Crippen LogP contribution in [0.3, 0.4) is 0 Å². The maximum atomic E-state index is 13.0. The Kier molecular flexibility index (Phi) is 6.87.